The number of aromatic nitrogens is 5. The predicted octanol–water partition coefficient (Wildman–Crippen LogP) is 3.82. The largest absolute Gasteiger partial charge is 0.336 e. The zero-order valence-electron chi connectivity index (χ0n) is 22.9. The third kappa shape index (κ3) is 4.47. The van der Waals surface area contributed by atoms with Crippen molar-refractivity contribution in [3.8, 4) is 5.69 Å². The van der Waals surface area contributed by atoms with Crippen LogP contribution in [0.1, 0.15) is 30.0 Å². The van der Waals surface area contributed by atoms with Crippen LogP contribution in [0.15, 0.2) is 89.3 Å². The second kappa shape index (κ2) is 9.87. The first-order valence-corrected chi connectivity index (χ1v) is 14.9. The molecule has 10 heteroatoms. The maximum Gasteiger partial charge on any atom is 0.262 e. The Morgan fingerprint density at radius 3 is 2.58 bits per heavy atom. The molecule has 40 heavy (non-hydrogen) atoms. The molecule has 1 saturated heterocycles. The van der Waals surface area contributed by atoms with Gasteiger partial charge in [0.1, 0.15) is 0 Å². The normalized spacial score (nSPS) is 18.1. The van der Waals surface area contributed by atoms with E-state index in [1.807, 2.05) is 36.0 Å². The minimum Gasteiger partial charge on any atom is -0.336 e. The van der Waals surface area contributed by atoms with E-state index in [4.69, 9.17) is 0 Å². The topological polar surface area (TPSA) is 95.0 Å². The Morgan fingerprint density at radius 1 is 1.05 bits per heavy atom. The second-order valence-corrected chi connectivity index (χ2v) is 12.6. The fraction of sp³-hybridized carbons (Fsp3) is 0.300. The van der Waals surface area contributed by atoms with E-state index < -0.39 is 15.4 Å². The molecular formula is C30H32N6O3S. The van der Waals surface area contributed by atoms with Crippen molar-refractivity contribution in [2.24, 2.45) is 7.05 Å². The third-order valence-electron chi connectivity index (χ3n) is 8.08. The van der Waals surface area contributed by atoms with Crippen LogP contribution >= 0.6 is 0 Å². The van der Waals surface area contributed by atoms with Gasteiger partial charge in [0.15, 0.2) is 5.03 Å². The fourth-order valence-electron chi connectivity index (χ4n) is 5.92. The molecule has 1 atom stereocenters. The van der Waals surface area contributed by atoms with Crippen molar-refractivity contribution < 1.29 is 8.42 Å². The summed E-state index contributed by atoms with van der Waals surface area (Å²) in [5, 5.41) is 5.70. The van der Waals surface area contributed by atoms with Gasteiger partial charge in [0.2, 0.25) is 5.56 Å². The van der Waals surface area contributed by atoms with Gasteiger partial charge in [0.05, 0.1) is 23.7 Å². The SMILES string of the molecule is CCn1cnc(S(=O)(=O)N2CCC(Cc3ccccc3)(c3cc4cnn(-c5ccc(=O)n(C)c5)c4cc3C)C2)c1. The Hall–Kier alpha value is -4.02. The highest BCUT2D eigenvalue weighted by atomic mass is 32.2. The molecule has 0 radical (unpaired) electrons. The molecule has 0 bridgehead atoms. The van der Waals surface area contributed by atoms with Crippen molar-refractivity contribution in [1.29, 1.82) is 0 Å². The molecular weight excluding hydrogens is 524 g/mol. The Kier molecular flexibility index (Phi) is 6.47. The first-order chi connectivity index (χ1) is 19.2. The first-order valence-electron chi connectivity index (χ1n) is 13.4. The van der Waals surface area contributed by atoms with E-state index in [0.717, 1.165) is 33.3 Å². The lowest BCUT2D eigenvalue weighted by Gasteiger charge is -2.32. The Morgan fingerprint density at radius 2 is 1.85 bits per heavy atom. The monoisotopic (exact) mass is 556 g/mol. The van der Waals surface area contributed by atoms with Crippen LogP contribution in [0.2, 0.25) is 0 Å². The van der Waals surface area contributed by atoms with E-state index in [0.29, 0.717) is 32.5 Å². The molecule has 0 aliphatic carbocycles. The van der Waals surface area contributed by atoms with Crippen LogP contribution in [0, 0.1) is 6.92 Å². The average Bonchev–Trinajstić information content (AvgIpc) is 3.70. The van der Waals surface area contributed by atoms with Crippen molar-refractivity contribution in [1.82, 2.24) is 28.2 Å². The molecule has 1 unspecified atom stereocenters. The molecule has 3 aromatic heterocycles. The smallest absolute Gasteiger partial charge is 0.262 e. The van der Waals surface area contributed by atoms with Gasteiger partial charge in [0.25, 0.3) is 10.0 Å². The summed E-state index contributed by atoms with van der Waals surface area (Å²) in [5.41, 5.74) is 4.60. The maximum atomic E-state index is 13.7. The van der Waals surface area contributed by atoms with Crippen molar-refractivity contribution in [2.75, 3.05) is 13.1 Å². The number of pyridine rings is 1. The number of imidazole rings is 1. The van der Waals surface area contributed by atoms with Crippen LogP contribution in [0.5, 0.6) is 0 Å². The highest BCUT2D eigenvalue weighted by Gasteiger charge is 2.45. The molecule has 206 valence electrons. The number of sulfonamides is 1. The zero-order chi connectivity index (χ0) is 28.1. The van der Waals surface area contributed by atoms with Gasteiger partial charge in [-0.2, -0.15) is 9.40 Å². The number of aryl methyl sites for hydroxylation is 3. The Balaban J connectivity index is 1.43. The minimum atomic E-state index is -3.74. The summed E-state index contributed by atoms with van der Waals surface area (Å²) < 4.78 is 34.1. The van der Waals surface area contributed by atoms with Crippen molar-refractivity contribution >= 4 is 20.9 Å². The molecule has 9 nitrogen and oxygen atoms in total. The summed E-state index contributed by atoms with van der Waals surface area (Å²) in [4.78, 5) is 16.1. The molecule has 0 saturated carbocycles. The first kappa shape index (κ1) is 26.2. The summed E-state index contributed by atoms with van der Waals surface area (Å²) >= 11 is 0. The van der Waals surface area contributed by atoms with Crippen LogP contribution < -0.4 is 5.56 Å². The molecule has 0 spiro atoms. The highest BCUT2D eigenvalue weighted by Crippen LogP contribution is 2.42. The molecule has 2 aromatic carbocycles. The van der Waals surface area contributed by atoms with Gasteiger partial charge < -0.3 is 9.13 Å². The lowest BCUT2D eigenvalue weighted by molar-refractivity contribution is 0.412. The summed E-state index contributed by atoms with van der Waals surface area (Å²) in [6.07, 6.45) is 8.19. The number of fused-ring (bicyclic) bond motifs is 1. The Labute approximate surface area is 233 Å². The van der Waals surface area contributed by atoms with Gasteiger partial charge >= 0.3 is 0 Å². The van der Waals surface area contributed by atoms with Crippen LogP contribution in [-0.2, 0) is 35.5 Å². The molecule has 1 fully saturated rings. The molecule has 6 rings (SSSR count). The number of rotatable bonds is 7. The van der Waals surface area contributed by atoms with Crippen molar-refractivity contribution in [3.63, 3.8) is 0 Å². The highest BCUT2D eigenvalue weighted by molar-refractivity contribution is 7.89. The quantitative estimate of drug-likeness (QED) is 0.304. The second-order valence-electron chi connectivity index (χ2n) is 10.7. The van der Waals surface area contributed by atoms with E-state index in [1.54, 1.807) is 40.7 Å². The molecule has 1 aliphatic heterocycles. The van der Waals surface area contributed by atoms with E-state index in [2.05, 4.69) is 41.3 Å². The number of nitrogens with zero attached hydrogens (tertiary/aromatic N) is 6. The molecule has 5 aromatic rings. The summed E-state index contributed by atoms with van der Waals surface area (Å²) in [6, 6.07) is 17.9. The lowest BCUT2D eigenvalue weighted by atomic mass is 9.73. The summed E-state index contributed by atoms with van der Waals surface area (Å²) in [6.45, 7) is 5.48. The standard InChI is InChI=1S/C30H32N6O3S/c1-4-34-19-28(31-21-34)40(38,39)35-13-12-30(20-35,16-23-8-6-5-7-9-23)26-15-24-17-32-36(27(24)14-22(26)2)25-10-11-29(37)33(3)18-25/h5-11,14-15,17-19,21H,4,12-13,16,20H2,1-3H3. The van der Waals surface area contributed by atoms with Crippen LogP contribution in [0.4, 0.5) is 0 Å². The molecule has 0 amide bonds. The van der Waals surface area contributed by atoms with Gasteiger partial charge in [-0.05, 0) is 61.6 Å². The van der Waals surface area contributed by atoms with Gasteiger partial charge in [0, 0.05) is 55.9 Å². The average molecular weight is 557 g/mol. The van der Waals surface area contributed by atoms with Crippen LogP contribution in [0.3, 0.4) is 0 Å². The van der Waals surface area contributed by atoms with E-state index in [1.165, 1.54) is 10.6 Å². The number of hydrogen-bond acceptors (Lipinski definition) is 5. The fourth-order valence-corrected chi connectivity index (χ4v) is 7.39. The molecule has 0 N–H and O–H groups in total. The van der Waals surface area contributed by atoms with Gasteiger partial charge in [-0.1, -0.05) is 30.3 Å². The Bertz CT molecular complexity index is 1870. The third-order valence-corrected chi connectivity index (χ3v) is 9.81. The van der Waals surface area contributed by atoms with Gasteiger partial charge in [-0.3, -0.25) is 4.79 Å². The predicted molar refractivity (Wildman–Crippen MR) is 154 cm³/mol. The zero-order valence-corrected chi connectivity index (χ0v) is 23.7. The summed E-state index contributed by atoms with van der Waals surface area (Å²) in [5.74, 6) is 0. The lowest BCUT2D eigenvalue weighted by Crippen LogP contribution is -2.36. The maximum absolute atomic E-state index is 13.7. The molecule has 4 heterocycles. The van der Waals surface area contributed by atoms with Gasteiger partial charge in [-0.25, -0.2) is 18.1 Å². The van der Waals surface area contributed by atoms with E-state index in [-0.39, 0.29) is 10.6 Å². The molecule has 1 aliphatic rings. The number of hydrogen-bond donors (Lipinski definition) is 0. The van der Waals surface area contributed by atoms with Crippen LogP contribution in [0.25, 0.3) is 16.6 Å². The minimum absolute atomic E-state index is 0.0799. The van der Waals surface area contributed by atoms with E-state index in [9.17, 15) is 13.2 Å². The summed E-state index contributed by atoms with van der Waals surface area (Å²) in [7, 11) is -2.01. The van der Waals surface area contributed by atoms with Crippen LogP contribution in [-0.4, -0.2) is 49.7 Å². The number of benzene rings is 2. The van der Waals surface area contributed by atoms with Crippen molar-refractivity contribution in [3.05, 3.63) is 107 Å². The van der Waals surface area contributed by atoms with Gasteiger partial charge in [-0.15, -0.1) is 0 Å². The van der Waals surface area contributed by atoms with Crippen molar-refractivity contribution in [2.45, 2.75) is 43.7 Å². The van der Waals surface area contributed by atoms with E-state index >= 15 is 0 Å².